The summed E-state index contributed by atoms with van der Waals surface area (Å²) in [6.45, 7) is 0. The van der Waals surface area contributed by atoms with E-state index in [0.29, 0.717) is 12.8 Å². The van der Waals surface area contributed by atoms with Gasteiger partial charge in [0.2, 0.25) is 0 Å². The summed E-state index contributed by atoms with van der Waals surface area (Å²) in [5.41, 5.74) is 2.52. The van der Waals surface area contributed by atoms with Crippen LogP contribution in [0.3, 0.4) is 0 Å². The van der Waals surface area contributed by atoms with E-state index in [9.17, 15) is 9.59 Å². The molecular formula is C16H22O4. The van der Waals surface area contributed by atoms with Gasteiger partial charge in [-0.1, -0.05) is 24.3 Å². The summed E-state index contributed by atoms with van der Waals surface area (Å²) >= 11 is 0. The number of carbonyl (C=O) groups is 2. The van der Waals surface area contributed by atoms with Crippen LogP contribution in [0.2, 0.25) is 0 Å². The largest absolute Gasteiger partial charge is 0.481 e. The molecule has 0 fully saturated rings. The van der Waals surface area contributed by atoms with E-state index in [1.807, 2.05) is 12.1 Å². The van der Waals surface area contributed by atoms with Crippen LogP contribution in [-0.2, 0) is 22.4 Å². The van der Waals surface area contributed by atoms with Crippen LogP contribution in [0.1, 0.15) is 49.7 Å². The Hall–Kier alpha value is -1.84. The number of benzene rings is 1. The van der Waals surface area contributed by atoms with Crippen molar-refractivity contribution in [2.45, 2.75) is 51.4 Å². The molecule has 0 aliphatic heterocycles. The highest BCUT2D eigenvalue weighted by molar-refractivity contribution is 5.66. The van der Waals surface area contributed by atoms with Crippen molar-refractivity contribution >= 4 is 11.9 Å². The first-order chi connectivity index (χ1) is 9.59. The quantitative estimate of drug-likeness (QED) is 0.644. The van der Waals surface area contributed by atoms with Gasteiger partial charge >= 0.3 is 11.9 Å². The minimum absolute atomic E-state index is 0.223. The molecule has 0 atom stereocenters. The van der Waals surface area contributed by atoms with Gasteiger partial charge in [0.25, 0.3) is 0 Å². The second-order valence-corrected chi connectivity index (χ2v) is 4.97. The summed E-state index contributed by atoms with van der Waals surface area (Å²) in [5.74, 6) is -1.49. The molecule has 0 bridgehead atoms. The van der Waals surface area contributed by atoms with Crippen LogP contribution in [0.5, 0.6) is 0 Å². The second-order valence-electron chi connectivity index (χ2n) is 4.97. The average Bonchev–Trinajstić information content (AvgIpc) is 2.40. The van der Waals surface area contributed by atoms with Crippen LogP contribution in [0.25, 0.3) is 0 Å². The molecule has 0 aliphatic carbocycles. The van der Waals surface area contributed by atoms with Gasteiger partial charge in [0, 0.05) is 12.8 Å². The first-order valence-corrected chi connectivity index (χ1v) is 7.10. The predicted octanol–water partition coefficient (Wildman–Crippen LogP) is 3.28. The molecule has 4 nitrogen and oxygen atoms in total. The lowest BCUT2D eigenvalue weighted by atomic mass is 9.97. The molecule has 0 spiro atoms. The Morgan fingerprint density at radius 3 is 1.50 bits per heavy atom. The number of carboxylic acid groups (broad SMARTS) is 2. The number of unbranched alkanes of at least 4 members (excludes halogenated alkanes) is 2. The van der Waals surface area contributed by atoms with E-state index in [2.05, 4.69) is 12.1 Å². The highest BCUT2D eigenvalue weighted by Gasteiger charge is 2.04. The Balaban J connectivity index is 2.38. The van der Waals surface area contributed by atoms with E-state index >= 15 is 0 Å². The lowest BCUT2D eigenvalue weighted by molar-refractivity contribution is -0.138. The van der Waals surface area contributed by atoms with E-state index in [4.69, 9.17) is 10.2 Å². The molecule has 0 aliphatic rings. The van der Waals surface area contributed by atoms with Crippen LogP contribution in [0, 0.1) is 0 Å². The molecular weight excluding hydrogens is 256 g/mol. The van der Waals surface area contributed by atoms with E-state index < -0.39 is 11.9 Å². The first kappa shape index (κ1) is 16.2. The summed E-state index contributed by atoms with van der Waals surface area (Å²) < 4.78 is 0. The van der Waals surface area contributed by atoms with Crippen LogP contribution in [-0.4, -0.2) is 22.2 Å². The van der Waals surface area contributed by atoms with Gasteiger partial charge in [0.15, 0.2) is 0 Å². The molecule has 0 aromatic heterocycles. The molecule has 2 N–H and O–H groups in total. The minimum atomic E-state index is -0.744. The monoisotopic (exact) mass is 278 g/mol. The van der Waals surface area contributed by atoms with Crippen molar-refractivity contribution in [1.82, 2.24) is 0 Å². The molecule has 1 aromatic carbocycles. The Morgan fingerprint density at radius 2 is 1.15 bits per heavy atom. The number of rotatable bonds is 10. The number of aliphatic carboxylic acids is 2. The summed E-state index contributed by atoms with van der Waals surface area (Å²) in [5, 5.41) is 17.2. The van der Waals surface area contributed by atoms with Crippen molar-refractivity contribution in [2.75, 3.05) is 0 Å². The molecule has 0 saturated carbocycles. The molecule has 1 rings (SSSR count). The lowest BCUT2D eigenvalue weighted by Gasteiger charge is -2.09. The summed E-state index contributed by atoms with van der Waals surface area (Å²) in [6, 6.07) is 8.14. The zero-order valence-electron chi connectivity index (χ0n) is 11.7. The van der Waals surface area contributed by atoms with Gasteiger partial charge in [-0.05, 0) is 49.7 Å². The molecule has 4 heteroatoms. The summed E-state index contributed by atoms with van der Waals surface area (Å²) in [6.07, 6.45) is 5.37. The zero-order valence-corrected chi connectivity index (χ0v) is 11.7. The smallest absolute Gasteiger partial charge is 0.303 e. The first-order valence-electron chi connectivity index (χ1n) is 7.10. The van der Waals surface area contributed by atoms with Crippen LogP contribution in [0.15, 0.2) is 24.3 Å². The SMILES string of the molecule is O=C(O)CCCCc1ccccc1CCCCC(=O)O. The Morgan fingerprint density at radius 1 is 0.750 bits per heavy atom. The fourth-order valence-corrected chi connectivity index (χ4v) is 2.23. The molecule has 0 heterocycles. The van der Waals surface area contributed by atoms with Crippen LogP contribution in [0.4, 0.5) is 0 Å². The molecule has 0 unspecified atom stereocenters. The maximum Gasteiger partial charge on any atom is 0.303 e. The number of hydrogen-bond donors (Lipinski definition) is 2. The van der Waals surface area contributed by atoms with Crippen LogP contribution >= 0.6 is 0 Å². The lowest BCUT2D eigenvalue weighted by Crippen LogP contribution is -1.99. The van der Waals surface area contributed by atoms with Gasteiger partial charge in [-0.2, -0.15) is 0 Å². The number of aryl methyl sites for hydroxylation is 2. The third-order valence-electron chi connectivity index (χ3n) is 3.29. The van der Waals surface area contributed by atoms with Gasteiger partial charge < -0.3 is 10.2 Å². The highest BCUT2D eigenvalue weighted by atomic mass is 16.4. The van der Waals surface area contributed by atoms with Gasteiger partial charge in [-0.3, -0.25) is 9.59 Å². The second kappa shape index (κ2) is 9.13. The maximum atomic E-state index is 10.5. The van der Waals surface area contributed by atoms with Crippen molar-refractivity contribution in [2.24, 2.45) is 0 Å². The number of carboxylic acids is 2. The van der Waals surface area contributed by atoms with Gasteiger partial charge in [-0.15, -0.1) is 0 Å². The van der Waals surface area contributed by atoms with Crippen molar-refractivity contribution in [1.29, 1.82) is 0 Å². The third-order valence-corrected chi connectivity index (χ3v) is 3.29. The predicted molar refractivity (Wildman–Crippen MR) is 76.8 cm³/mol. The normalized spacial score (nSPS) is 10.4. The summed E-state index contributed by atoms with van der Waals surface area (Å²) in [4.78, 5) is 20.9. The van der Waals surface area contributed by atoms with E-state index in [1.165, 1.54) is 11.1 Å². The minimum Gasteiger partial charge on any atom is -0.481 e. The fraction of sp³-hybridized carbons (Fsp3) is 0.500. The molecule has 0 saturated heterocycles. The summed E-state index contributed by atoms with van der Waals surface area (Å²) in [7, 11) is 0. The molecule has 0 amide bonds. The fourth-order valence-electron chi connectivity index (χ4n) is 2.23. The maximum absolute atomic E-state index is 10.5. The molecule has 1 aromatic rings. The molecule has 110 valence electrons. The Labute approximate surface area is 119 Å². The zero-order chi connectivity index (χ0) is 14.8. The van der Waals surface area contributed by atoms with Gasteiger partial charge in [0.1, 0.15) is 0 Å². The number of hydrogen-bond acceptors (Lipinski definition) is 2. The topological polar surface area (TPSA) is 74.6 Å². The van der Waals surface area contributed by atoms with E-state index in [1.54, 1.807) is 0 Å². The Bertz CT molecular complexity index is 399. The average molecular weight is 278 g/mol. The Kier molecular flexibility index (Phi) is 7.40. The third kappa shape index (κ3) is 6.92. The van der Waals surface area contributed by atoms with Crippen molar-refractivity contribution in [3.05, 3.63) is 35.4 Å². The van der Waals surface area contributed by atoms with Crippen molar-refractivity contribution in [3.63, 3.8) is 0 Å². The van der Waals surface area contributed by atoms with Crippen molar-refractivity contribution in [3.8, 4) is 0 Å². The van der Waals surface area contributed by atoms with Crippen LogP contribution < -0.4 is 0 Å². The van der Waals surface area contributed by atoms with E-state index in [-0.39, 0.29) is 12.8 Å². The van der Waals surface area contributed by atoms with Gasteiger partial charge in [-0.25, -0.2) is 0 Å². The standard InChI is InChI=1S/C16H22O4/c17-15(18)11-5-3-9-13-7-1-2-8-14(13)10-4-6-12-16(19)20/h1-2,7-8H,3-6,9-12H2,(H,17,18)(H,19,20). The molecule has 20 heavy (non-hydrogen) atoms. The van der Waals surface area contributed by atoms with Crippen molar-refractivity contribution < 1.29 is 19.8 Å². The van der Waals surface area contributed by atoms with Gasteiger partial charge in [0.05, 0.1) is 0 Å². The van der Waals surface area contributed by atoms with E-state index in [0.717, 1.165) is 25.7 Å². The highest BCUT2D eigenvalue weighted by Crippen LogP contribution is 2.16. The molecule has 0 radical (unpaired) electrons.